The first-order valence-electron chi connectivity index (χ1n) is 16.2. The highest BCUT2D eigenvalue weighted by atomic mass is 19.1. The molecule has 262 valence electrons. The fraction of sp³-hybridized carbons (Fsp3) is 0.394. The second-order valence-electron chi connectivity index (χ2n) is 12.3. The minimum absolute atomic E-state index is 0.232. The number of methoxy groups -OCH3 is 1. The van der Waals surface area contributed by atoms with Gasteiger partial charge in [0.1, 0.15) is 29.5 Å². The summed E-state index contributed by atoms with van der Waals surface area (Å²) in [5.74, 6) is 0.314. The van der Waals surface area contributed by atoms with Crippen molar-refractivity contribution in [2.75, 3.05) is 20.2 Å². The molecule has 50 heavy (non-hydrogen) atoms. The van der Waals surface area contributed by atoms with Crippen molar-refractivity contribution in [2.24, 2.45) is 0 Å². The third kappa shape index (κ3) is 6.97. The number of hydrogen-bond donors (Lipinski definition) is 5. The van der Waals surface area contributed by atoms with Gasteiger partial charge in [-0.15, -0.1) is 0 Å². The lowest BCUT2D eigenvalue weighted by molar-refractivity contribution is -0.134. The molecule has 1 aromatic carbocycles. The number of likely N-dealkylation sites (tertiary alicyclic amines) is 2. The highest BCUT2D eigenvalue weighted by molar-refractivity contribution is 5.86. The number of alkyl carbamates (subject to hydrolysis) is 1. The maximum atomic E-state index is 15.5. The molecule has 2 aliphatic heterocycles. The molecule has 0 spiro atoms. The number of benzene rings is 1. The average molecular weight is 689 g/mol. The first-order chi connectivity index (χ1) is 24.0. The molecule has 16 nitrogen and oxygen atoms in total. The van der Waals surface area contributed by atoms with Crippen molar-refractivity contribution >= 4 is 24.0 Å². The molecule has 4 atom stereocenters. The van der Waals surface area contributed by atoms with Crippen LogP contribution in [0.1, 0.15) is 63.3 Å². The molecule has 0 saturated carbocycles. The fourth-order valence-corrected chi connectivity index (χ4v) is 6.46. The summed E-state index contributed by atoms with van der Waals surface area (Å²) >= 11 is 0. The lowest BCUT2D eigenvalue weighted by Gasteiger charge is -2.26. The molecule has 2 aliphatic rings. The predicted molar refractivity (Wildman–Crippen MR) is 176 cm³/mol. The number of carboxylic acid groups (broad SMARTS) is 1. The molecule has 4 amide bonds. The molecule has 5 heterocycles. The van der Waals surface area contributed by atoms with Gasteiger partial charge in [0, 0.05) is 42.2 Å². The van der Waals surface area contributed by atoms with Crippen molar-refractivity contribution in [1.82, 2.24) is 50.3 Å². The summed E-state index contributed by atoms with van der Waals surface area (Å²) in [5.41, 5.74) is 2.48. The number of halogens is 1. The summed E-state index contributed by atoms with van der Waals surface area (Å²) in [6.45, 7) is 4.10. The van der Waals surface area contributed by atoms with E-state index >= 15 is 4.39 Å². The number of ether oxygens (including phenoxy) is 1. The zero-order valence-corrected chi connectivity index (χ0v) is 27.6. The Morgan fingerprint density at radius 3 is 1.96 bits per heavy atom. The van der Waals surface area contributed by atoms with E-state index in [4.69, 9.17) is 5.11 Å². The number of aromatic amines is 2. The van der Waals surface area contributed by atoms with Gasteiger partial charge >= 0.3 is 12.2 Å². The van der Waals surface area contributed by atoms with E-state index in [-0.39, 0.29) is 29.5 Å². The molecule has 4 aromatic rings. The van der Waals surface area contributed by atoms with Crippen LogP contribution >= 0.6 is 0 Å². The number of carbonyl (C=O) groups is 4. The minimum Gasteiger partial charge on any atom is -0.465 e. The summed E-state index contributed by atoms with van der Waals surface area (Å²) in [5, 5.41) is 13.7. The number of aromatic nitrogens is 6. The molecule has 2 saturated heterocycles. The van der Waals surface area contributed by atoms with Crippen molar-refractivity contribution in [3.63, 3.8) is 0 Å². The van der Waals surface area contributed by atoms with Gasteiger partial charge in [-0.25, -0.2) is 33.9 Å². The van der Waals surface area contributed by atoms with Crippen LogP contribution in [0.2, 0.25) is 0 Å². The number of hydrogen-bond acceptors (Lipinski definition) is 9. The van der Waals surface area contributed by atoms with Crippen molar-refractivity contribution < 1.29 is 33.4 Å². The Morgan fingerprint density at radius 1 is 0.840 bits per heavy atom. The number of nitrogens with one attached hydrogen (secondary N) is 4. The molecule has 2 fully saturated rings. The number of amides is 4. The molecule has 0 unspecified atom stereocenters. The van der Waals surface area contributed by atoms with E-state index in [0.29, 0.717) is 65.9 Å². The van der Waals surface area contributed by atoms with Crippen LogP contribution in [0.15, 0.2) is 43.0 Å². The van der Waals surface area contributed by atoms with Crippen LogP contribution in [0.4, 0.5) is 14.0 Å². The Morgan fingerprint density at radius 2 is 1.40 bits per heavy atom. The maximum Gasteiger partial charge on any atom is 0.407 e. The Kier molecular flexibility index (Phi) is 9.74. The van der Waals surface area contributed by atoms with Crippen molar-refractivity contribution in [3.05, 3.63) is 60.5 Å². The molecule has 3 aromatic heterocycles. The van der Waals surface area contributed by atoms with Crippen LogP contribution in [0.5, 0.6) is 0 Å². The molecular weight excluding hydrogens is 651 g/mol. The lowest BCUT2D eigenvalue weighted by Crippen LogP contribution is -2.46. The van der Waals surface area contributed by atoms with Crippen LogP contribution in [0.25, 0.3) is 33.9 Å². The summed E-state index contributed by atoms with van der Waals surface area (Å²) in [7, 11) is 1.24. The van der Waals surface area contributed by atoms with Gasteiger partial charge in [0.2, 0.25) is 11.8 Å². The third-order valence-electron chi connectivity index (χ3n) is 8.97. The van der Waals surface area contributed by atoms with E-state index in [0.717, 1.165) is 12.8 Å². The van der Waals surface area contributed by atoms with Gasteiger partial charge in [0.25, 0.3) is 0 Å². The van der Waals surface area contributed by atoms with Gasteiger partial charge in [0.15, 0.2) is 5.82 Å². The molecule has 17 heteroatoms. The van der Waals surface area contributed by atoms with E-state index in [1.54, 1.807) is 47.4 Å². The van der Waals surface area contributed by atoms with Gasteiger partial charge in [0.05, 0.1) is 43.0 Å². The van der Waals surface area contributed by atoms with E-state index in [1.165, 1.54) is 26.3 Å². The topological polar surface area (TPSA) is 211 Å². The molecule has 0 bridgehead atoms. The number of carbonyl (C=O) groups excluding carboxylic acids is 3. The average Bonchev–Trinajstić information content (AvgIpc) is 3.93. The summed E-state index contributed by atoms with van der Waals surface area (Å²) in [4.78, 5) is 76.0. The van der Waals surface area contributed by atoms with E-state index in [9.17, 15) is 19.2 Å². The summed E-state index contributed by atoms with van der Waals surface area (Å²) in [6.07, 6.45) is 7.28. The zero-order valence-electron chi connectivity index (χ0n) is 27.6. The minimum atomic E-state index is -1.28. The molecule has 0 aliphatic carbocycles. The van der Waals surface area contributed by atoms with Crippen LogP contribution in [0, 0.1) is 5.82 Å². The monoisotopic (exact) mass is 688 g/mol. The number of H-pyrrole nitrogens is 2. The second-order valence-corrected chi connectivity index (χ2v) is 12.3. The van der Waals surface area contributed by atoms with Crippen molar-refractivity contribution in [1.29, 1.82) is 0 Å². The molecule has 5 N–H and O–H groups in total. The van der Waals surface area contributed by atoms with Crippen molar-refractivity contribution in [3.8, 4) is 33.9 Å². The maximum absolute atomic E-state index is 15.5. The zero-order chi connectivity index (χ0) is 35.5. The first kappa shape index (κ1) is 34.0. The van der Waals surface area contributed by atoms with Crippen LogP contribution in [-0.4, -0.2) is 101 Å². The van der Waals surface area contributed by atoms with Gasteiger partial charge in [-0.05, 0) is 51.7 Å². The Balaban J connectivity index is 1.12. The van der Waals surface area contributed by atoms with Crippen LogP contribution < -0.4 is 10.6 Å². The van der Waals surface area contributed by atoms with Crippen LogP contribution in [-0.2, 0) is 14.3 Å². The largest absolute Gasteiger partial charge is 0.465 e. The Labute approximate surface area is 285 Å². The number of rotatable bonds is 9. The van der Waals surface area contributed by atoms with E-state index < -0.39 is 30.1 Å². The normalized spacial score (nSPS) is 18.5. The quantitative estimate of drug-likeness (QED) is 0.172. The standard InChI is InChI=1S/C33H37FN10O6/c1-17(39-32(47)48)30(45)43-10-5-7-26(43)29-38-16-24(42-29)21-9-8-19(12-22(21)34)27-35-13-20(14-36-27)23-15-37-28(41-23)25-6-4-11-44(25)31(46)18(2)40-33(49)50-3/h8-9,12-18,25-26,39H,4-7,10-11H2,1-3H3,(H,37,41)(H,38,42)(H,40,49)(H,47,48)/t17-,18-,25-,26-/m0/s1. The van der Waals surface area contributed by atoms with Gasteiger partial charge in [-0.2, -0.15) is 0 Å². The fourth-order valence-electron chi connectivity index (χ4n) is 6.46. The van der Waals surface area contributed by atoms with Gasteiger partial charge < -0.3 is 40.2 Å². The van der Waals surface area contributed by atoms with Gasteiger partial charge in [-0.3, -0.25) is 9.59 Å². The van der Waals surface area contributed by atoms with Crippen LogP contribution in [0.3, 0.4) is 0 Å². The number of imidazole rings is 2. The smallest absolute Gasteiger partial charge is 0.407 e. The van der Waals surface area contributed by atoms with E-state index in [2.05, 4.69) is 45.3 Å². The summed E-state index contributed by atoms with van der Waals surface area (Å²) in [6, 6.07) is 2.32. The second kappa shape index (κ2) is 14.3. The lowest BCUT2D eigenvalue weighted by atomic mass is 10.1. The number of nitrogens with zero attached hydrogens (tertiary/aromatic N) is 6. The highest BCUT2D eigenvalue weighted by Gasteiger charge is 2.36. The SMILES string of the molecule is COC(=O)N[C@@H](C)C(=O)N1CCC[C@H]1c1ncc(-c2cnc(-c3ccc(-c4cnc([C@@H]5CCCN5C(=O)[C@H](C)NC(=O)O)[nH]4)c(F)c3)nc2)[nH]1. The molecular formula is C33H37FN10O6. The van der Waals surface area contributed by atoms with Crippen molar-refractivity contribution in [2.45, 2.75) is 63.7 Å². The first-order valence-corrected chi connectivity index (χ1v) is 16.2. The van der Waals surface area contributed by atoms with E-state index in [1.807, 2.05) is 0 Å². The predicted octanol–water partition coefficient (Wildman–Crippen LogP) is 3.79. The Hall–Kier alpha value is -5.87. The summed E-state index contributed by atoms with van der Waals surface area (Å²) < 4.78 is 20.1. The van der Waals surface area contributed by atoms with Gasteiger partial charge in [-0.1, -0.05) is 6.07 Å². The highest BCUT2D eigenvalue weighted by Crippen LogP contribution is 2.34. The third-order valence-corrected chi connectivity index (χ3v) is 8.97. The Bertz CT molecular complexity index is 1900. The molecule has 0 radical (unpaired) electrons. The molecule has 6 rings (SSSR count).